The number of sulfone groups is 1. The van der Waals surface area contributed by atoms with Gasteiger partial charge in [-0.3, -0.25) is 0 Å². The largest absolute Gasteiger partial charge is 0.369 e. The number of rotatable bonds is 6. The molecular weight excluding hydrogens is 274 g/mol. The molecule has 0 bridgehead atoms. The van der Waals surface area contributed by atoms with Gasteiger partial charge in [0.1, 0.15) is 5.82 Å². The lowest BCUT2D eigenvalue weighted by Gasteiger charge is -2.31. The van der Waals surface area contributed by atoms with Crippen LogP contribution in [-0.2, 0) is 9.84 Å². The lowest BCUT2D eigenvalue weighted by molar-refractivity contribution is 0.376. The summed E-state index contributed by atoms with van der Waals surface area (Å²) in [6.45, 7) is 1.48. The molecule has 5 nitrogen and oxygen atoms in total. The van der Waals surface area contributed by atoms with Crippen molar-refractivity contribution in [2.45, 2.75) is 37.0 Å². The van der Waals surface area contributed by atoms with Gasteiger partial charge in [-0.1, -0.05) is 18.9 Å². The Morgan fingerprint density at radius 1 is 1.25 bits per heavy atom. The zero-order chi connectivity index (χ0) is 14.4. The van der Waals surface area contributed by atoms with Crippen molar-refractivity contribution in [3.63, 3.8) is 0 Å². The number of nitrogens with one attached hydrogen (secondary N) is 2. The van der Waals surface area contributed by atoms with Gasteiger partial charge in [-0.05, 0) is 25.0 Å². The standard InChI is InChI=1S/C14H23N3O2S/c1-20(18,19)13-7-3-2-6-12(13)15-10-11-17-14-8-4-5-9-16-14/h4-5,8-9,12-13,15H,2-3,6-7,10-11H2,1H3,(H,16,17). The van der Waals surface area contributed by atoms with Crippen LogP contribution < -0.4 is 10.6 Å². The third-order valence-corrected chi connectivity index (χ3v) is 5.42. The fraction of sp³-hybridized carbons (Fsp3) is 0.643. The summed E-state index contributed by atoms with van der Waals surface area (Å²) in [5, 5.41) is 6.36. The first kappa shape index (κ1) is 15.3. The topological polar surface area (TPSA) is 71.1 Å². The van der Waals surface area contributed by atoms with Crippen LogP contribution in [0.2, 0.25) is 0 Å². The van der Waals surface area contributed by atoms with Crippen LogP contribution in [0.1, 0.15) is 25.7 Å². The first-order chi connectivity index (χ1) is 9.57. The van der Waals surface area contributed by atoms with E-state index in [0.29, 0.717) is 0 Å². The second kappa shape index (κ2) is 7.04. The summed E-state index contributed by atoms with van der Waals surface area (Å²) in [7, 11) is -2.96. The van der Waals surface area contributed by atoms with Gasteiger partial charge in [0, 0.05) is 31.6 Å². The molecule has 1 heterocycles. The maximum Gasteiger partial charge on any atom is 0.151 e. The Morgan fingerprint density at radius 3 is 2.75 bits per heavy atom. The van der Waals surface area contributed by atoms with E-state index in [1.54, 1.807) is 6.20 Å². The predicted molar refractivity (Wildman–Crippen MR) is 81.6 cm³/mol. The van der Waals surface area contributed by atoms with E-state index >= 15 is 0 Å². The minimum atomic E-state index is -2.96. The van der Waals surface area contributed by atoms with Gasteiger partial charge in [-0.25, -0.2) is 13.4 Å². The van der Waals surface area contributed by atoms with Crippen molar-refractivity contribution in [2.24, 2.45) is 0 Å². The Kier molecular flexibility index (Phi) is 5.37. The average Bonchev–Trinajstić information content (AvgIpc) is 2.44. The molecule has 0 aliphatic heterocycles. The minimum absolute atomic E-state index is 0.0873. The van der Waals surface area contributed by atoms with Crippen LogP contribution in [0.5, 0.6) is 0 Å². The third-order valence-electron chi connectivity index (χ3n) is 3.76. The van der Waals surface area contributed by atoms with Gasteiger partial charge >= 0.3 is 0 Å². The molecule has 0 spiro atoms. The maximum atomic E-state index is 11.8. The van der Waals surface area contributed by atoms with Gasteiger partial charge in [0.25, 0.3) is 0 Å². The monoisotopic (exact) mass is 297 g/mol. The first-order valence-electron chi connectivity index (χ1n) is 7.14. The van der Waals surface area contributed by atoms with Crippen molar-refractivity contribution < 1.29 is 8.42 Å². The average molecular weight is 297 g/mol. The van der Waals surface area contributed by atoms with Gasteiger partial charge in [0.05, 0.1) is 5.25 Å². The van der Waals surface area contributed by atoms with E-state index in [0.717, 1.165) is 44.6 Å². The molecule has 2 N–H and O–H groups in total. The highest BCUT2D eigenvalue weighted by molar-refractivity contribution is 7.91. The van der Waals surface area contributed by atoms with E-state index in [4.69, 9.17) is 0 Å². The summed E-state index contributed by atoms with van der Waals surface area (Å²) >= 11 is 0. The smallest absolute Gasteiger partial charge is 0.151 e. The highest BCUT2D eigenvalue weighted by Crippen LogP contribution is 2.23. The second-order valence-corrected chi connectivity index (χ2v) is 7.62. The Hall–Kier alpha value is -1.14. The van der Waals surface area contributed by atoms with Gasteiger partial charge in [0.2, 0.25) is 0 Å². The van der Waals surface area contributed by atoms with E-state index in [9.17, 15) is 8.42 Å². The summed E-state index contributed by atoms with van der Waals surface area (Å²) in [5.74, 6) is 0.845. The zero-order valence-corrected chi connectivity index (χ0v) is 12.7. The molecule has 1 aromatic heterocycles. The van der Waals surface area contributed by atoms with Gasteiger partial charge in [0.15, 0.2) is 9.84 Å². The van der Waals surface area contributed by atoms with Crippen LogP contribution in [0, 0.1) is 0 Å². The van der Waals surface area contributed by atoms with E-state index in [1.807, 2.05) is 18.2 Å². The summed E-state index contributed by atoms with van der Waals surface area (Å²) in [4.78, 5) is 4.18. The van der Waals surface area contributed by atoms with Crippen molar-refractivity contribution in [3.05, 3.63) is 24.4 Å². The molecule has 1 saturated carbocycles. The van der Waals surface area contributed by atoms with Crippen molar-refractivity contribution in [1.29, 1.82) is 0 Å². The molecular formula is C14H23N3O2S. The molecule has 1 fully saturated rings. The summed E-state index contributed by atoms with van der Waals surface area (Å²) < 4.78 is 23.6. The van der Waals surface area contributed by atoms with Crippen molar-refractivity contribution >= 4 is 15.7 Å². The van der Waals surface area contributed by atoms with Gasteiger partial charge in [-0.2, -0.15) is 0 Å². The van der Waals surface area contributed by atoms with Crippen LogP contribution in [0.4, 0.5) is 5.82 Å². The molecule has 0 aromatic carbocycles. The van der Waals surface area contributed by atoms with Crippen molar-refractivity contribution in [2.75, 3.05) is 24.7 Å². The number of hydrogen-bond acceptors (Lipinski definition) is 5. The summed E-state index contributed by atoms with van der Waals surface area (Å²) in [6.07, 6.45) is 6.95. The van der Waals surface area contributed by atoms with Crippen LogP contribution in [0.3, 0.4) is 0 Å². The van der Waals surface area contributed by atoms with Gasteiger partial charge < -0.3 is 10.6 Å². The van der Waals surface area contributed by atoms with Crippen molar-refractivity contribution in [3.8, 4) is 0 Å². The highest BCUT2D eigenvalue weighted by atomic mass is 32.2. The van der Waals surface area contributed by atoms with Crippen LogP contribution in [-0.4, -0.2) is 44.0 Å². The Labute approximate surface area is 121 Å². The number of pyridine rings is 1. The first-order valence-corrected chi connectivity index (χ1v) is 9.10. The third kappa shape index (κ3) is 4.45. The number of anilines is 1. The van der Waals surface area contributed by atoms with Crippen LogP contribution in [0.25, 0.3) is 0 Å². The van der Waals surface area contributed by atoms with Crippen LogP contribution in [0.15, 0.2) is 24.4 Å². The highest BCUT2D eigenvalue weighted by Gasteiger charge is 2.31. The lowest BCUT2D eigenvalue weighted by Crippen LogP contribution is -2.47. The van der Waals surface area contributed by atoms with Crippen LogP contribution >= 0.6 is 0 Å². The Balaban J connectivity index is 1.77. The Bertz CT molecular complexity index is 504. The van der Waals surface area contributed by atoms with Gasteiger partial charge in [-0.15, -0.1) is 0 Å². The van der Waals surface area contributed by atoms with Crippen molar-refractivity contribution in [1.82, 2.24) is 10.3 Å². The normalized spacial score (nSPS) is 23.4. The number of nitrogens with zero attached hydrogens (tertiary/aromatic N) is 1. The van der Waals surface area contributed by atoms with E-state index in [-0.39, 0.29) is 11.3 Å². The molecule has 1 aromatic rings. The second-order valence-electron chi connectivity index (χ2n) is 5.35. The number of aromatic nitrogens is 1. The molecule has 2 unspecified atom stereocenters. The molecule has 112 valence electrons. The zero-order valence-electron chi connectivity index (χ0n) is 11.9. The molecule has 2 rings (SSSR count). The fourth-order valence-electron chi connectivity index (χ4n) is 2.76. The molecule has 0 saturated heterocycles. The molecule has 1 aliphatic rings. The number of hydrogen-bond donors (Lipinski definition) is 2. The quantitative estimate of drug-likeness (QED) is 0.778. The maximum absolute atomic E-state index is 11.8. The summed E-state index contributed by atoms with van der Waals surface area (Å²) in [5.41, 5.74) is 0. The fourth-order valence-corrected chi connectivity index (χ4v) is 4.18. The SMILES string of the molecule is CS(=O)(=O)C1CCCCC1NCCNc1ccccn1. The Morgan fingerprint density at radius 2 is 2.05 bits per heavy atom. The van der Waals surface area contributed by atoms with E-state index in [1.165, 1.54) is 6.26 Å². The minimum Gasteiger partial charge on any atom is -0.369 e. The summed E-state index contributed by atoms with van der Waals surface area (Å²) in [6, 6.07) is 5.82. The molecule has 20 heavy (non-hydrogen) atoms. The predicted octanol–water partition coefficient (Wildman–Crippen LogP) is 1.44. The molecule has 0 radical (unpaired) electrons. The molecule has 2 atom stereocenters. The molecule has 1 aliphatic carbocycles. The van der Waals surface area contributed by atoms with E-state index in [2.05, 4.69) is 15.6 Å². The lowest BCUT2D eigenvalue weighted by atomic mass is 9.95. The molecule has 6 heteroatoms. The van der Waals surface area contributed by atoms with E-state index < -0.39 is 9.84 Å². The molecule has 0 amide bonds.